The number of hydrogen-bond acceptors (Lipinski definition) is 7. The molecule has 0 aliphatic heterocycles. The molecule has 1 N–H and O–H groups in total. The predicted octanol–water partition coefficient (Wildman–Crippen LogP) is 3.69. The van der Waals surface area contributed by atoms with E-state index in [1.165, 1.54) is 16.1 Å². The third kappa shape index (κ3) is 4.19. The highest BCUT2D eigenvalue weighted by Gasteiger charge is 2.28. The van der Waals surface area contributed by atoms with Gasteiger partial charge >= 0.3 is 0 Å². The van der Waals surface area contributed by atoms with E-state index in [0.717, 1.165) is 16.1 Å². The lowest BCUT2D eigenvalue weighted by atomic mass is 10.0. The molecule has 2 aromatic heterocycles. The number of tetrazole rings is 1. The summed E-state index contributed by atoms with van der Waals surface area (Å²) in [6, 6.07) is 18.6. The molecule has 0 saturated heterocycles. The summed E-state index contributed by atoms with van der Waals surface area (Å²) in [5.74, 6) is 0.174. The van der Waals surface area contributed by atoms with Gasteiger partial charge in [0.2, 0.25) is 11.0 Å². The number of nitrogens with zero attached hydrogens (tertiary/aromatic N) is 6. The van der Waals surface area contributed by atoms with Crippen LogP contribution in [0.3, 0.4) is 0 Å². The van der Waals surface area contributed by atoms with Crippen molar-refractivity contribution in [2.45, 2.75) is 19.9 Å². The highest BCUT2D eigenvalue weighted by atomic mass is 32.1. The van der Waals surface area contributed by atoms with Crippen LogP contribution in [0.4, 0.5) is 5.13 Å². The molecule has 0 saturated carbocycles. The number of amides is 1. The summed E-state index contributed by atoms with van der Waals surface area (Å²) in [4.78, 5) is 14.3. The van der Waals surface area contributed by atoms with Crippen LogP contribution in [-0.2, 0) is 4.79 Å². The normalized spacial score (nSPS) is 12.1. The van der Waals surface area contributed by atoms with Gasteiger partial charge in [-0.2, -0.15) is 4.80 Å². The zero-order valence-electron chi connectivity index (χ0n) is 15.9. The van der Waals surface area contributed by atoms with Gasteiger partial charge in [-0.15, -0.1) is 20.4 Å². The fourth-order valence-corrected chi connectivity index (χ4v) is 3.62. The molecule has 9 heteroatoms. The van der Waals surface area contributed by atoms with Gasteiger partial charge in [0.05, 0.1) is 0 Å². The summed E-state index contributed by atoms with van der Waals surface area (Å²) in [6.45, 7) is 3.87. The fraction of sp³-hybridized carbons (Fsp3) is 0.200. The molecule has 146 valence electrons. The van der Waals surface area contributed by atoms with E-state index in [1.807, 2.05) is 74.5 Å². The molecule has 0 spiro atoms. The summed E-state index contributed by atoms with van der Waals surface area (Å²) in [7, 11) is 0. The Morgan fingerprint density at radius 1 is 0.931 bits per heavy atom. The van der Waals surface area contributed by atoms with E-state index in [1.54, 1.807) is 0 Å². The molecule has 0 aliphatic rings. The Kier molecular flexibility index (Phi) is 5.39. The number of anilines is 1. The van der Waals surface area contributed by atoms with Crippen LogP contribution in [0.2, 0.25) is 0 Å². The minimum absolute atomic E-state index is 0.0469. The number of carbonyl (C=O) groups is 1. The first kappa shape index (κ1) is 18.9. The van der Waals surface area contributed by atoms with Crippen molar-refractivity contribution in [3.63, 3.8) is 0 Å². The zero-order valence-corrected chi connectivity index (χ0v) is 16.7. The monoisotopic (exact) mass is 405 g/mol. The lowest BCUT2D eigenvalue weighted by Crippen LogP contribution is -2.31. The van der Waals surface area contributed by atoms with Crippen LogP contribution in [0.25, 0.3) is 22.0 Å². The maximum atomic E-state index is 12.9. The zero-order chi connectivity index (χ0) is 20.2. The SMILES string of the molecule is CC(C)C(C(=O)Nc1nnc(-c2ccccc2)s1)n1nnc(-c2ccccc2)n1. The third-order valence-electron chi connectivity index (χ3n) is 4.29. The van der Waals surface area contributed by atoms with Gasteiger partial charge in [0.15, 0.2) is 6.04 Å². The summed E-state index contributed by atoms with van der Waals surface area (Å²) >= 11 is 1.32. The van der Waals surface area contributed by atoms with Crippen molar-refractivity contribution >= 4 is 22.4 Å². The van der Waals surface area contributed by atoms with Crippen LogP contribution in [0.1, 0.15) is 19.9 Å². The first-order chi connectivity index (χ1) is 14.1. The molecule has 4 aromatic rings. The maximum absolute atomic E-state index is 12.9. The maximum Gasteiger partial charge on any atom is 0.253 e. The van der Waals surface area contributed by atoms with E-state index in [0.29, 0.717) is 11.0 Å². The van der Waals surface area contributed by atoms with Crippen molar-refractivity contribution in [3.05, 3.63) is 60.7 Å². The highest BCUT2D eigenvalue weighted by Crippen LogP contribution is 2.27. The highest BCUT2D eigenvalue weighted by molar-refractivity contribution is 7.18. The van der Waals surface area contributed by atoms with Crippen molar-refractivity contribution < 1.29 is 4.79 Å². The second-order valence-corrected chi connectivity index (χ2v) is 7.73. The second-order valence-electron chi connectivity index (χ2n) is 6.76. The lowest BCUT2D eigenvalue weighted by Gasteiger charge is -2.17. The average molecular weight is 405 g/mol. The van der Waals surface area contributed by atoms with Gasteiger partial charge in [0, 0.05) is 11.1 Å². The number of carbonyl (C=O) groups excluding carboxylic acids is 1. The number of hydrogen-bond donors (Lipinski definition) is 1. The summed E-state index contributed by atoms with van der Waals surface area (Å²) in [5, 5.41) is 24.9. The first-order valence-electron chi connectivity index (χ1n) is 9.16. The summed E-state index contributed by atoms with van der Waals surface area (Å²) in [6.07, 6.45) is 0. The van der Waals surface area contributed by atoms with Gasteiger partial charge in [-0.05, 0) is 11.1 Å². The molecular weight excluding hydrogens is 386 g/mol. The quantitative estimate of drug-likeness (QED) is 0.525. The Labute approximate surface area is 171 Å². The number of rotatable bonds is 6. The predicted molar refractivity (Wildman–Crippen MR) is 111 cm³/mol. The molecule has 0 fully saturated rings. The van der Waals surface area contributed by atoms with Gasteiger partial charge < -0.3 is 0 Å². The molecule has 0 aliphatic carbocycles. The van der Waals surface area contributed by atoms with E-state index in [-0.39, 0.29) is 11.8 Å². The van der Waals surface area contributed by atoms with Crippen molar-refractivity contribution in [1.82, 2.24) is 30.4 Å². The first-order valence-corrected chi connectivity index (χ1v) is 9.98. The van der Waals surface area contributed by atoms with Crippen LogP contribution in [0.5, 0.6) is 0 Å². The van der Waals surface area contributed by atoms with E-state index < -0.39 is 6.04 Å². The lowest BCUT2D eigenvalue weighted by molar-refractivity contribution is -0.121. The molecule has 0 bridgehead atoms. The molecule has 4 rings (SSSR count). The van der Waals surface area contributed by atoms with Crippen molar-refractivity contribution in [2.75, 3.05) is 5.32 Å². The van der Waals surface area contributed by atoms with Crippen molar-refractivity contribution in [2.24, 2.45) is 5.92 Å². The Morgan fingerprint density at radius 2 is 1.59 bits per heavy atom. The van der Waals surface area contributed by atoms with Crippen LogP contribution in [-0.4, -0.2) is 36.3 Å². The molecule has 1 amide bonds. The minimum atomic E-state index is -0.621. The van der Waals surface area contributed by atoms with Gasteiger partial charge in [0.25, 0.3) is 5.91 Å². The molecule has 0 radical (unpaired) electrons. The van der Waals surface area contributed by atoms with E-state index in [9.17, 15) is 4.79 Å². The number of benzene rings is 2. The van der Waals surface area contributed by atoms with Crippen molar-refractivity contribution in [3.8, 4) is 22.0 Å². The number of nitrogens with one attached hydrogen (secondary N) is 1. The smallest absolute Gasteiger partial charge is 0.253 e. The third-order valence-corrected chi connectivity index (χ3v) is 5.17. The van der Waals surface area contributed by atoms with Crippen LogP contribution < -0.4 is 5.32 Å². The molecule has 2 heterocycles. The minimum Gasteiger partial charge on any atom is -0.299 e. The standard InChI is InChI=1S/C20H19N7OS/c1-13(2)16(27-25-17(22-26-27)14-9-5-3-6-10-14)18(28)21-20-24-23-19(29-20)15-11-7-4-8-12-15/h3-13,16H,1-2H3,(H,21,24,28). The van der Waals surface area contributed by atoms with Crippen LogP contribution >= 0.6 is 11.3 Å². The Hall–Kier alpha value is -3.46. The molecule has 8 nitrogen and oxygen atoms in total. The summed E-state index contributed by atoms with van der Waals surface area (Å²) in [5.41, 5.74) is 1.80. The van der Waals surface area contributed by atoms with Crippen molar-refractivity contribution in [1.29, 1.82) is 0 Å². The largest absolute Gasteiger partial charge is 0.299 e. The van der Waals surface area contributed by atoms with Gasteiger partial charge in [0.1, 0.15) is 5.01 Å². The molecule has 1 unspecified atom stereocenters. The van der Waals surface area contributed by atoms with E-state index in [4.69, 9.17) is 0 Å². The Balaban J connectivity index is 1.53. The van der Waals surface area contributed by atoms with Crippen LogP contribution in [0.15, 0.2) is 60.7 Å². The Bertz CT molecular complexity index is 1090. The average Bonchev–Trinajstić information content (AvgIpc) is 3.39. The van der Waals surface area contributed by atoms with Gasteiger partial charge in [-0.25, -0.2) is 0 Å². The van der Waals surface area contributed by atoms with Crippen LogP contribution in [0, 0.1) is 5.92 Å². The molecule has 1 atom stereocenters. The molecule has 29 heavy (non-hydrogen) atoms. The fourth-order valence-electron chi connectivity index (χ4n) is 2.87. The molecule has 2 aromatic carbocycles. The molecular formula is C20H19N7OS. The topological polar surface area (TPSA) is 98.5 Å². The second kappa shape index (κ2) is 8.27. The number of aromatic nitrogens is 6. The van der Waals surface area contributed by atoms with E-state index in [2.05, 4.69) is 30.9 Å². The van der Waals surface area contributed by atoms with Gasteiger partial charge in [-0.3, -0.25) is 10.1 Å². The van der Waals surface area contributed by atoms with E-state index >= 15 is 0 Å². The Morgan fingerprint density at radius 3 is 2.24 bits per heavy atom. The van der Waals surface area contributed by atoms with Gasteiger partial charge in [-0.1, -0.05) is 85.8 Å². The summed E-state index contributed by atoms with van der Waals surface area (Å²) < 4.78 is 0.